The van der Waals surface area contributed by atoms with E-state index in [1.165, 1.54) is 39.8 Å². The zero-order valence-corrected chi connectivity index (χ0v) is 22.2. The van der Waals surface area contributed by atoms with E-state index in [-0.39, 0.29) is 76.6 Å². The summed E-state index contributed by atoms with van der Waals surface area (Å²) >= 11 is 4.01. The molecule has 2 amide bonds. The van der Waals surface area contributed by atoms with E-state index in [0.29, 0.717) is 10.5 Å². The molecule has 5 rings (SSSR count). The molecule has 3 atom stereocenters. The number of nitriles is 2. The minimum atomic E-state index is -1.30. The Morgan fingerprint density at radius 3 is 2.59 bits per heavy atom. The molecule has 192 valence electrons. The normalized spacial score (nSPS) is 21.4. The number of rotatable bonds is 7. The number of nitrogens with one attached hydrogen (secondary N) is 1. The number of carbonyl (C=O) groups is 3. The van der Waals surface area contributed by atoms with Crippen molar-refractivity contribution in [3.63, 3.8) is 0 Å². The molecule has 0 aliphatic carbocycles. The average Bonchev–Trinajstić information content (AvgIpc) is 3.44. The zero-order chi connectivity index (χ0) is 26.9. The van der Waals surface area contributed by atoms with E-state index < -0.39 is 16.8 Å². The number of thiophene rings is 1. The summed E-state index contributed by atoms with van der Waals surface area (Å²) in [6.45, 7) is 0.00590. The van der Waals surface area contributed by atoms with Crippen molar-refractivity contribution >= 4 is 82.2 Å². The Hall–Kier alpha value is -2.77. The molecule has 2 unspecified atom stereocenters. The number of benzene rings is 2. The van der Waals surface area contributed by atoms with Crippen LogP contribution >= 0.6 is 34.9 Å². The second kappa shape index (κ2) is 12.2. The van der Waals surface area contributed by atoms with Gasteiger partial charge in [0.25, 0.3) is 0 Å². The van der Waals surface area contributed by atoms with Gasteiger partial charge in [-0.05, 0) is 40.8 Å². The molecule has 0 radical (unpaired) electrons. The SMILES string of the molecule is N#Cc1ccc(-c2ccccc2SC2(C(=O)O)CS[C@@H]3C(NC(=O)Cc4cccs4)C(=O)N3C2)cc1C#N.[NaH]. The van der Waals surface area contributed by atoms with E-state index in [1.54, 1.807) is 18.2 Å². The molecule has 0 saturated carbocycles. The van der Waals surface area contributed by atoms with Gasteiger partial charge in [-0.3, -0.25) is 14.4 Å². The summed E-state index contributed by atoms with van der Waals surface area (Å²) in [6, 6.07) is 19.3. The second-order valence-corrected chi connectivity index (χ2v) is 12.4. The summed E-state index contributed by atoms with van der Waals surface area (Å²) < 4.78 is -1.30. The summed E-state index contributed by atoms with van der Waals surface area (Å²) in [5.74, 6) is -1.31. The van der Waals surface area contributed by atoms with E-state index in [0.717, 1.165) is 10.4 Å². The Morgan fingerprint density at radius 1 is 1.13 bits per heavy atom. The fraction of sp³-hybridized carbons (Fsp3) is 0.222. The molecule has 2 N–H and O–H groups in total. The van der Waals surface area contributed by atoms with Crippen LogP contribution in [0.1, 0.15) is 16.0 Å². The van der Waals surface area contributed by atoms with Gasteiger partial charge in [0.05, 0.1) is 17.5 Å². The number of nitrogens with zero attached hydrogens (tertiary/aromatic N) is 3. The molecule has 3 heterocycles. The van der Waals surface area contributed by atoms with Crippen molar-refractivity contribution in [2.75, 3.05) is 12.3 Å². The van der Waals surface area contributed by atoms with Crippen molar-refractivity contribution in [3.8, 4) is 23.3 Å². The predicted octanol–water partition coefficient (Wildman–Crippen LogP) is 3.07. The molecule has 2 aromatic carbocycles. The third kappa shape index (κ3) is 5.75. The summed E-state index contributed by atoms with van der Waals surface area (Å²) in [7, 11) is 0. The van der Waals surface area contributed by atoms with Gasteiger partial charge in [-0.15, -0.1) is 34.9 Å². The minimum absolute atomic E-state index is 0. The quantitative estimate of drug-likeness (QED) is 0.320. The first kappa shape index (κ1) is 29.2. The zero-order valence-electron chi connectivity index (χ0n) is 19.8. The van der Waals surface area contributed by atoms with Crippen molar-refractivity contribution in [3.05, 3.63) is 76.0 Å². The van der Waals surface area contributed by atoms with Crippen LogP contribution in [-0.4, -0.2) is 85.8 Å². The summed E-state index contributed by atoms with van der Waals surface area (Å²) in [5.41, 5.74) is 1.94. The number of hydrogen-bond acceptors (Lipinski definition) is 8. The molecule has 0 spiro atoms. The van der Waals surface area contributed by atoms with Crippen LogP contribution in [0.15, 0.2) is 64.9 Å². The molecule has 3 aromatic rings. The number of amides is 2. The second-order valence-electron chi connectivity index (χ2n) is 8.85. The maximum atomic E-state index is 13.0. The summed E-state index contributed by atoms with van der Waals surface area (Å²) in [4.78, 5) is 41.1. The third-order valence-corrected chi connectivity index (χ3v) is 10.4. The van der Waals surface area contributed by atoms with Crippen LogP contribution in [0.2, 0.25) is 0 Å². The van der Waals surface area contributed by atoms with E-state index in [1.807, 2.05) is 53.9 Å². The Labute approximate surface area is 259 Å². The summed E-state index contributed by atoms with van der Waals surface area (Å²) in [6.07, 6.45) is 0.202. The fourth-order valence-corrected chi connectivity index (χ4v) is 8.18. The average molecular weight is 585 g/mol. The van der Waals surface area contributed by atoms with Gasteiger partial charge in [0.1, 0.15) is 28.3 Å². The number of carbonyl (C=O) groups excluding carboxylic acids is 2. The third-order valence-electron chi connectivity index (χ3n) is 6.44. The number of β-lactam (4-membered cyclic amide) rings is 1. The van der Waals surface area contributed by atoms with Crippen LogP contribution in [0, 0.1) is 22.7 Å². The van der Waals surface area contributed by atoms with Gasteiger partial charge in [0.2, 0.25) is 11.8 Å². The van der Waals surface area contributed by atoms with Gasteiger partial charge in [-0.2, -0.15) is 10.5 Å². The molecule has 2 aliphatic rings. The fourth-order valence-electron chi connectivity index (χ4n) is 4.49. The van der Waals surface area contributed by atoms with Gasteiger partial charge in [0, 0.05) is 22.1 Å². The Balaban J connectivity index is 0.00000353. The van der Waals surface area contributed by atoms with Crippen molar-refractivity contribution in [2.24, 2.45) is 0 Å². The van der Waals surface area contributed by atoms with E-state index in [9.17, 15) is 30.0 Å². The molecular weight excluding hydrogens is 564 g/mol. The number of fused-ring (bicyclic) bond motifs is 1. The Morgan fingerprint density at radius 2 is 1.90 bits per heavy atom. The van der Waals surface area contributed by atoms with Gasteiger partial charge < -0.3 is 15.3 Å². The summed E-state index contributed by atoms with van der Waals surface area (Å²) in [5, 5.41) is 33.4. The van der Waals surface area contributed by atoms with Crippen LogP contribution in [0.3, 0.4) is 0 Å². The van der Waals surface area contributed by atoms with E-state index in [2.05, 4.69) is 5.32 Å². The molecule has 8 nitrogen and oxygen atoms in total. The van der Waals surface area contributed by atoms with Crippen LogP contribution in [0.25, 0.3) is 11.1 Å². The Kier molecular flexibility index (Phi) is 9.12. The molecule has 0 bridgehead atoms. The topological polar surface area (TPSA) is 134 Å². The Bertz CT molecular complexity index is 1520. The van der Waals surface area contributed by atoms with E-state index >= 15 is 0 Å². The number of thioether (sulfide) groups is 2. The van der Waals surface area contributed by atoms with Gasteiger partial charge in [0.15, 0.2) is 0 Å². The van der Waals surface area contributed by atoms with Crippen molar-refractivity contribution in [1.29, 1.82) is 10.5 Å². The first-order chi connectivity index (χ1) is 18.3. The van der Waals surface area contributed by atoms with Crippen LogP contribution in [0.5, 0.6) is 0 Å². The van der Waals surface area contributed by atoms with Crippen LogP contribution in [0.4, 0.5) is 0 Å². The standard InChI is InChI=1S/C27H20N4O4S3.Na.H/c28-12-17-8-7-16(10-18(17)13-29)20-5-1-2-6-21(20)38-27(26(34)35)14-31-24(33)23(25(31)37-15-27)30-22(32)11-19-4-3-9-36-19;;/h1-10,23,25H,11,14-15H2,(H,30,32)(H,34,35);;/t23?,25-,27?;;/m1../s1. The first-order valence-electron chi connectivity index (χ1n) is 11.5. The van der Waals surface area contributed by atoms with Crippen molar-refractivity contribution in [2.45, 2.75) is 27.5 Å². The van der Waals surface area contributed by atoms with Crippen LogP contribution < -0.4 is 5.32 Å². The van der Waals surface area contributed by atoms with E-state index in [4.69, 9.17) is 0 Å². The monoisotopic (exact) mass is 584 g/mol. The molecule has 12 heteroatoms. The van der Waals surface area contributed by atoms with Gasteiger partial charge >= 0.3 is 35.5 Å². The molecule has 2 saturated heterocycles. The molecule has 2 aliphatic heterocycles. The van der Waals surface area contributed by atoms with Gasteiger partial charge in [-0.25, -0.2) is 0 Å². The maximum absolute atomic E-state index is 13.0. The van der Waals surface area contributed by atoms with Crippen molar-refractivity contribution < 1.29 is 19.5 Å². The van der Waals surface area contributed by atoms with Crippen LogP contribution in [-0.2, 0) is 20.8 Å². The first-order valence-corrected chi connectivity index (χ1v) is 14.3. The van der Waals surface area contributed by atoms with Crippen molar-refractivity contribution in [1.82, 2.24) is 10.2 Å². The molecular formula is C27H21N4NaO4S3. The number of carboxylic acid groups (broad SMARTS) is 1. The predicted molar refractivity (Wildman–Crippen MR) is 153 cm³/mol. The molecule has 1 aromatic heterocycles. The molecule has 39 heavy (non-hydrogen) atoms. The number of carboxylic acids is 1. The number of hydrogen-bond donors (Lipinski definition) is 2. The van der Waals surface area contributed by atoms with Gasteiger partial charge in [-0.1, -0.05) is 30.3 Å². The molecule has 2 fully saturated rings. The number of aliphatic carboxylic acids is 1.